The minimum Gasteiger partial charge on any atom is -0.369 e. The number of alkyl halides is 1. The van der Waals surface area contributed by atoms with Crippen molar-refractivity contribution in [2.45, 2.75) is 16.2 Å². The third-order valence-corrected chi connectivity index (χ3v) is 8.24. The van der Waals surface area contributed by atoms with E-state index >= 15 is 0 Å². The predicted octanol–water partition coefficient (Wildman–Crippen LogP) is 5.69. The second-order valence-electron chi connectivity index (χ2n) is 9.09. The van der Waals surface area contributed by atoms with E-state index in [0.29, 0.717) is 24.4 Å². The number of carbonyl (C=O) groups is 1. The number of nitrogens with two attached hydrogens (primary N) is 1. The third kappa shape index (κ3) is 6.13. The van der Waals surface area contributed by atoms with Crippen LogP contribution in [0.15, 0.2) is 81.5 Å². The number of hydrazine groups is 1. The van der Waals surface area contributed by atoms with E-state index in [0.717, 1.165) is 70.2 Å². The van der Waals surface area contributed by atoms with Crippen LogP contribution in [0.1, 0.15) is 22.3 Å². The average molecular weight is 555 g/mol. The molecule has 0 radical (unpaired) electrons. The fourth-order valence-corrected chi connectivity index (χ4v) is 6.03. The first-order chi connectivity index (χ1) is 18.0. The highest BCUT2D eigenvalue weighted by Gasteiger charge is 2.22. The van der Waals surface area contributed by atoms with Gasteiger partial charge in [-0.3, -0.25) is 19.7 Å². The molecule has 2 aliphatic rings. The molecule has 1 amide bonds. The van der Waals surface area contributed by atoms with Crippen LogP contribution in [-0.2, 0) is 0 Å². The Hall–Kier alpha value is -2.55. The van der Waals surface area contributed by atoms with Gasteiger partial charge in [-0.2, -0.15) is 0 Å². The number of carbonyl (C=O) groups excluding carboxylic acids is 1. The highest BCUT2D eigenvalue weighted by atomic mass is 35.5. The smallest absolute Gasteiger partial charge is 0.267 e. The first-order valence-corrected chi connectivity index (χ1v) is 14.1. The van der Waals surface area contributed by atoms with Gasteiger partial charge in [0.15, 0.2) is 0 Å². The van der Waals surface area contributed by atoms with E-state index in [1.807, 2.05) is 48.5 Å². The van der Waals surface area contributed by atoms with Crippen molar-refractivity contribution in [2.75, 3.05) is 50.0 Å². The summed E-state index contributed by atoms with van der Waals surface area (Å²) < 4.78 is 0. The van der Waals surface area contributed by atoms with Crippen molar-refractivity contribution in [1.82, 2.24) is 9.91 Å². The van der Waals surface area contributed by atoms with E-state index in [1.54, 1.807) is 11.8 Å². The highest BCUT2D eigenvalue weighted by molar-refractivity contribution is 7.99. The first kappa shape index (κ1) is 26.1. The number of piperazine rings is 1. The van der Waals surface area contributed by atoms with Crippen molar-refractivity contribution in [3.05, 3.63) is 82.9 Å². The Morgan fingerprint density at radius 3 is 2.59 bits per heavy atom. The van der Waals surface area contributed by atoms with E-state index in [1.165, 1.54) is 5.01 Å². The van der Waals surface area contributed by atoms with Gasteiger partial charge in [0, 0.05) is 76.7 Å². The van der Waals surface area contributed by atoms with Gasteiger partial charge in [-0.15, -0.1) is 11.6 Å². The molecule has 9 heteroatoms. The lowest BCUT2D eigenvalue weighted by molar-refractivity contribution is 0.0733. The van der Waals surface area contributed by atoms with Crippen LogP contribution >= 0.6 is 35.0 Å². The van der Waals surface area contributed by atoms with E-state index in [9.17, 15) is 4.79 Å². The Kier molecular flexibility index (Phi) is 8.37. The lowest BCUT2D eigenvalue weighted by Gasteiger charge is -2.36. The quantitative estimate of drug-likeness (QED) is 0.176. The number of fused-ring (bicyclic) bond motifs is 2. The first-order valence-electron chi connectivity index (χ1n) is 12.4. The van der Waals surface area contributed by atoms with Crippen LogP contribution in [-0.4, -0.2) is 66.7 Å². The lowest BCUT2D eigenvalue weighted by atomic mass is 10.1. The molecule has 0 spiro atoms. The summed E-state index contributed by atoms with van der Waals surface area (Å²) in [7, 11) is 0. The van der Waals surface area contributed by atoms with Crippen LogP contribution in [0.3, 0.4) is 0 Å². The summed E-state index contributed by atoms with van der Waals surface area (Å²) in [6.07, 6.45) is 0.657. The Balaban J connectivity index is 1.21. The van der Waals surface area contributed by atoms with Gasteiger partial charge in [-0.05, 0) is 42.5 Å². The van der Waals surface area contributed by atoms with Crippen molar-refractivity contribution in [3.63, 3.8) is 0 Å². The van der Waals surface area contributed by atoms with Gasteiger partial charge in [0.05, 0.1) is 17.9 Å². The van der Waals surface area contributed by atoms with E-state index < -0.39 is 0 Å². The van der Waals surface area contributed by atoms with E-state index in [-0.39, 0.29) is 5.91 Å². The molecule has 192 valence electrons. The third-order valence-electron chi connectivity index (χ3n) is 6.67. The number of aliphatic imine (C=N–C) groups is 1. The summed E-state index contributed by atoms with van der Waals surface area (Å²) in [4.78, 5) is 24.9. The fraction of sp³-hybridized carbons (Fsp3) is 0.286. The number of benzene rings is 3. The molecular formula is C28H29Cl2N5OS. The molecule has 0 bridgehead atoms. The standard InChI is InChI=1S/C28H29Cl2N5OS/c29-11-10-24-23-6-1-2-7-26(23)37-27-9-8-20(18-25(27)32-24)28(36)35(31)17-14-33-12-15-34(16-13-33)22-5-3-4-21(30)19-22/h1-9,18-19H,10-17,31H2. The molecule has 1 saturated heterocycles. The van der Waals surface area contributed by atoms with Gasteiger partial charge >= 0.3 is 0 Å². The zero-order chi connectivity index (χ0) is 25.8. The minimum absolute atomic E-state index is 0.207. The summed E-state index contributed by atoms with van der Waals surface area (Å²) in [6.45, 7) is 4.80. The van der Waals surface area contributed by atoms with Crippen LogP contribution in [0.2, 0.25) is 5.02 Å². The van der Waals surface area contributed by atoms with Crippen molar-refractivity contribution in [1.29, 1.82) is 0 Å². The second-order valence-corrected chi connectivity index (χ2v) is 11.0. The maximum atomic E-state index is 13.2. The predicted molar refractivity (Wildman–Crippen MR) is 154 cm³/mol. The van der Waals surface area contributed by atoms with Crippen LogP contribution in [0.4, 0.5) is 11.4 Å². The Labute approximate surface area is 232 Å². The molecule has 2 heterocycles. The summed E-state index contributed by atoms with van der Waals surface area (Å²) in [5.74, 6) is 6.50. The van der Waals surface area contributed by atoms with Gasteiger partial charge in [0.25, 0.3) is 5.91 Å². The van der Waals surface area contributed by atoms with Gasteiger partial charge in [-0.25, -0.2) is 5.84 Å². The van der Waals surface area contributed by atoms with Crippen LogP contribution in [0.25, 0.3) is 0 Å². The van der Waals surface area contributed by atoms with Crippen molar-refractivity contribution in [2.24, 2.45) is 10.8 Å². The number of hydrogen-bond donors (Lipinski definition) is 1. The number of halogens is 2. The number of nitrogens with zero attached hydrogens (tertiary/aromatic N) is 4. The highest BCUT2D eigenvalue weighted by Crippen LogP contribution is 2.41. The SMILES string of the molecule is NN(CCN1CCN(c2cccc(Cl)c2)CC1)C(=O)c1ccc2c(c1)N=C(CCCl)c1ccccc1S2. The summed E-state index contributed by atoms with van der Waals surface area (Å²) in [5, 5.41) is 2.06. The zero-order valence-corrected chi connectivity index (χ0v) is 22.8. The Bertz CT molecular complexity index is 1310. The van der Waals surface area contributed by atoms with Gasteiger partial charge in [0.1, 0.15) is 0 Å². The van der Waals surface area contributed by atoms with Gasteiger partial charge < -0.3 is 4.90 Å². The molecule has 2 N–H and O–H groups in total. The van der Waals surface area contributed by atoms with Crippen molar-refractivity contribution in [3.8, 4) is 0 Å². The van der Waals surface area contributed by atoms with Crippen LogP contribution in [0, 0.1) is 0 Å². The number of amides is 1. The molecule has 0 unspecified atom stereocenters. The Morgan fingerprint density at radius 1 is 1.00 bits per heavy atom. The molecule has 0 atom stereocenters. The lowest BCUT2D eigenvalue weighted by Crippen LogP contribution is -2.50. The molecule has 3 aromatic rings. The number of rotatable bonds is 7. The monoisotopic (exact) mass is 553 g/mol. The molecule has 3 aromatic carbocycles. The van der Waals surface area contributed by atoms with Gasteiger partial charge in [-0.1, -0.05) is 47.6 Å². The molecular weight excluding hydrogens is 525 g/mol. The summed E-state index contributed by atoms with van der Waals surface area (Å²) >= 11 is 13.9. The van der Waals surface area contributed by atoms with Crippen LogP contribution < -0.4 is 10.7 Å². The number of hydrogen-bond acceptors (Lipinski definition) is 6. The van der Waals surface area contributed by atoms with E-state index in [2.05, 4.69) is 28.0 Å². The maximum Gasteiger partial charge on any atom is 0.267 e. The van der Waals surface area contributed by atoms with Crippen molar-refractivity contribution >= 4 is 58.0 Å². The zero-order valence-electron chi connectivity index (χ0n) is 20.4. The second kappa shape index (κ2) is 11.9. The molecule has 0 aromatic heterocycles. The molecule has 37 heavy (non-hydrogen) atoms. The largest absolute Gasteiger partial charge is 0.369 e. The molecule has 0 aliphatic carbocycles. The van der Waals surface area contributed by atoms with Crippen molar-refractivity contribution < 1.29 is 4.79 Å². The average Bonchev–Trinajstić information content (AvgIpc) is 3.08. The Morgan fingerprint density at radius 2 is 1.81 bits per heavy atom. The molecule has 5 rings (SSSR count). The minimum atomic E-state index is -0.207. The molecule has 0 saturated carbocycles. The van der Waals surface area contributed by atoms with E-state index in [4.69, 9.17) is 34.0 Å². The molecule has 1 fully saturated rings. The van der Waals surface area contributed by atoms with Gasteiger partial charge in [0.2, 0.25) is 0 Å². The normalized spacial score (nSPS) is 15.4. The molecule has 2 aliphatic heterocycles. The fourth-order valence-electron chi connectivity index (χ4n) is 4.64. The topological polar surface area (TPSA) is 65.2 Å². The summed E-state index contributed by atoms with van der Waals surface area (Å²) in [6, 6.07) is 21.8. The molecule has 6 nitrogen and oxygen atoms in total. The summed E-state index contributed by atoms with van der Waals surface area (Å²) in [5.41, 5.74) is 4.48. The number of anilines is 1. The van der Waals surface area contributed by atoms with Crippen LogP contribution in [0.5, 0.6) is 0 Å². The maximum absolute atomic E-state index is 13.2.